The molecule has 5 heteroatoms. The predicted molar refractivity (Wildman–Crippen MR) is 107 cm³/mol. The molecule has 0 aromatic heterocycles. The molecule has 2 aliphatic rings. The molecule has 0 spiro atoms. The predicted octanol–water partition coefficient (Wildman–Crippen LogP) is 3.02. The van der Waals surface area contributed by atoms with E-state index < -0.39 is 0 Å². The minimum atomic E-state index is -0.0808. The summed E-state index contributed by atoms with van der Waals surface area (Å²) in [5, 5.41) is 0. The number of rotatable bonds is 6. The molecular formula is C22H34FN3O. The third-order valence-corrected chi connectivity index (χ3v) is 6.34. The molecule has 1 atom stereocenters. The van der Waals surface area contributed by atoms with E-state index in [0.717, 1.165) is 64.1 Å². The Labute approximate surface area is 163 Å². The van der Waals surface area contributed by atoms with E-state index in [0.29, 0.717) is 12.0 Å². The van der Waals surface area contributed by atoms with E-state index in [2.05, 4.69) is 16.8 Å². The molecule has 0 N–H and O–H groups in total. The lowest BCUT2D eigenvalue weighted by molar-refractivity contribution is -0.130. The average Bonchev–Trinajstić information content (AvgIpc) is 2.68. The Kier molecular flexibility index (Phi) is 7.25. The summed E-state index contributed by atoms with van der Waals surface area (Å²) in [4.78, 5) is 18.5. The molecule has 150 valence electrons. The molecule has 2 aliphatic heterocycles. The van der Waals surface area contributed by atoms with Gasteiger partial charge in [0.1, 0.15) is 5.82 Å². The molecule has 1 aromatic carbocycles. The summed E-state index contributed by atoms with van der Waals surface area (Å²) in [6.07, 6.45) is 5.48. The molecule has 0 radical (unpaired) electrons. The minimum Gasteiger partial charge on any atom is -0.343 e. The number of piperidine rings is 2. The number of carbonyl (C=O) groups is 1. The second-order valence-electron chi connectivity index (χ2n) is 8.33. The third kappa shape index (κ3) is 5.76. The zero-order valence-electron chi connectivity index (χ0n) is 16.9. The van der Waals surface area contributed by atoms with Crippen molar-refractivity contribution in [2.24, 2.45) is 5.92 Å². The molecule has 3 rings (SSSR count). The van der Waals surface area contributed by atoms with Gasteiger partial charge < -0.3 is 14.7 Å². The molecule has 2 heterocycles. The maximum atomic E-state index is 13.8. The van der Waals surface area contributed by atoms with Crippen LogP contribution in [-0.2, 0) is 11.2 Å². The van der Waals surface area contributed by atoms with Crippen molar-refractivity contribution in [1.82, 2.24) is 14.7 Å². The SMILES string of the molecule is CC(=O)N1CCC(N(C)C[C@H]2CCCN(CCc3ccccc3F)C2)CC1. The number of amides is 1. The molecule has 0 saturated carbocycles. The first-order valence-electron chi connectivity index (χ1n) is 10.4. The van der Waals surface area contributed by atoms with Crippen LogP contribution < -0.4 is 0 Å². The van der Waals surface area contributed by atoms with Crippen LogP contribution in [-0.4, -0.2) is 73.0 Å². The zero-order valence-corrected chi connectivity index (χ0v) is 16.9. The molecule has 0 aliphatic carbocycles. The van der Waals surface area contributed by atoms with Crippen molar-refractivity contribution >= 4 is 5.91 Å². The van der Waals surface area contributed by atoms with Gasteiger partial charge in [0, 0.05) is 45.7 Å². The fraction of sp³-hybridized carbons (Fsp3) is 0.682. The lowest BCUT2D eigenvalue weighted by Gasteiger charge is -2.40. The number of halogens is 1. The van der Waals surface area contributed by atoms with Crippen LogP contribution in [0.5, 0.6) is 0 Å². The van der Waals surface area contributed by atoms with Crippen LogP contribution in [0.25, 0.3) is 0 Å². The van der Waals surface area contributed by atoms with Crippen molar-refractivity contribution in [2.45, 2.75) is 45.1 Å². The van der Waals surface area contributed by atoms with E-state index in [1.165, 1.54) is 12.8 Å². The van der Waals surface area contributed by atoms with Gasteiger partial charge in [0.25, 0.3) is 0 Å². The maximum Gasteiger partial charge on any atom is 0.219 e. The second kappa shape index (κ2) is 9.65. The minimum absolute atomic E-state index is 0.0808. The van der Waals surface area contributed by atoms with Crippen LogP contribution in [0.15, 0.2) is 24.3 Å². The third-order valence-electron chi connectivity index (χ3n) is 6.34. The Balaban J connectivity index is 1.43. The summed E-state index contributed by atoms with van der Waals surface area (Å²) in [5.74, 6) is 0.812. The van der Waals surface area contributed by atoms with Gasteiger partial charge in [0.15, 0.2) is 0 Å². The Morgan fingerprint density at radius 3 is 2.63 bits per heavy atom. The van der Waals surface area contributed by atoms with Gasteiger partial charge in [-0.1, -0.05) is 18.2 Å². The average molecular weight is 376 g/mol. The fourth-order valence-corrected chi connectivity index (χ4v) is 4.66. The summed E-state index contributed by atoms with van der Waals surface area (Å²) in [6, 6.07) is 7.73. The van der Waals surface area contributed by atoms with E-state index in [9.17, 15) is 9.18 Å². The number of benzene rings is 1. The van der Waals surface area contributed by atoms with Gasteiger partial charge in [-0.05, 0) is 63.2 Å². The molecule has 2 fully saturated rings. The Bertz CT molecular complexity index is 615. The van der Waals surface area contributed by atoms with E-state index in [-0.39, 0.29) is 11.7 Å². The zero-order chi connectivity index (χ0) is 19.2. The van der Waals surface area contributed by atoms with Gasteiger partial charge in [0.05, 0.1) is 0 Å². The quantitative estimate of drug-likeness (QED) is 0.765. The lowest BCUT2D eigenvalue weighted by atomic mass is 9.95. The highest BCUT2D eigenvalue weighted by molar-refractivity contribution is 5.73. The van der Waals surface area contributed by atoms with E-state index in [1.54, 1.807) is 19.1 Å². The van der Waals surface area contributed by atoms with E-state index >= 15 is 0 Å². The Hall–Kier alpha value is -1.46. The smallest absolute Gasteiger partial charge is 0.219 e. The number of hydrogen-bond donors (Lipinski definition) is 0. The molecule has 1 amide bonds. The van der Waals surface area contributed by atoms with Crippen molar-refractivity contribution in [3.05, 3.63) is 35.6 Å². The molecule has 0 bridgehead atoms. The van der Waals surface area contributed by atoms with Crippen molar-refractivity contribution in [1.29, 1.82) is 0 Å². The summed E-state index contributed by atoms with van der Waals surface area (Å²) in [6.45, 7) is 7.77. The largest absolute Gasteiger partial charge is 0.343 e. The van der Waals surface area contributed by atoms with Crippen LogP contribution in [0, 0.1) is 11.7 Å². The Morgan fingerprint density at radius 1 is 1.19 bits per heavy atom. The highest BCUT2D eigenvalue weighted by Crippen LogP contribution is 2.22. The second-order valence-corrected chi connectivity index (χ2v) is 8.33. The van der Waals surface area contributed by atoms with Crippen molar-refractivity contribution in [3.8, 4) is 0 Å². The highest BCUT2D eigenvalue weighted by Gasteiger charge is 2.27. The van der Waals surface area contributed by atoms with Crippen LogP contribution in [0.2, 0.25) is 0 Å². The van der Waals surface area contributed by atoms with Crippen LogP contribution in [0.4, 0.5) is 4.39 Å². The molecule has 1 aromatic rings. The van der Waals surface area contributed by atoms with Gasteiger partial charge in [0.2, 0.25) is 5.91 Å². The van der Waals surface area contributed by atoms with Gasteiger partial charge in [-0.15, -0.1) is 0 Å². The molecule has 0 unspecified atom stereocenters. The Morgan fingerprint density at radius 2 is 1.93 bits per heavy atom. The van der Waals surface area contributed by atoms with Gasteiger partial charge in [-0.2, -0.15) is 0 Å². The monoisotopic (exact) mass is 375 g/mol. The van der Waals surface area contributed by atoms with Crippen LogP contribution in [0.1, 0.15) is 38.2 Å². The van der Waals surface area contributed by atoms with Gasteiger partial charge in [-0.25, -0.2) is 4.39 Å². The summed E-state index contributed by atoms with van der Waals surface area (Å²) < 4.78 is 13.8. The fourth-order valence-electron chi connectivity index (χ4n) is 4.66. The first-order chi connectivity index (χ1) is 13.0. The number of nitrogens with zero attached hydrogens (tertiary/aromatic N) is 3. The van der Waals surface area contributed by atoms with E-state index in [1.807, 2.05) is 17.0 Å². The summed E-state index contributed by atoms with van der Waals surface area (Å²) in [7, 11) is 2.24. The highest BCUT2D eigenvalue weighted by atomic mass is 19.1. The van der Waals surface area contributed by atoms with Crippen molar-refractivity contribution in [2.75, 3.05) is 46.3 Å². The topological polar surface area (TPSA) is 26.8 Å². The molecule has 4 nitrogen and oxygen atoms in total. The van der Waals surface area contributed by atoms with Gasteiger partial charge >= 0.3 is 0 Å². The normalized spacial score (nSPS) is 22.4. The molecule has 27 heavy (non-hydrogen) atoms. The molecule has 2 saturated heterocycles. The number of hydrogen-bond acceptors (Lipinski definition) is 3. The lowest BCUT2D eigenvalue weighted by Crippen LogP contribution is -2.48. The van der Waals surface area contributed by atoms with Crippen molar-refractivity contribution < 1.29 is 9.18 Å². The number of likely N-dealkylation sites (tertiary alicyclic amines) is 2. The van der Waals surface area contributed by atoms with Crippen LogP contribution in [0.3, 0.4) is 0 Å². The summed E-state index contributed by atoms with van der Waals surface area (Å²) >= 11 is 0. The standard InChI is InChI=1S/C22H34FN3O/c1-18(27)26-14-10-21(11-15-26)24(2)16-19-6-5-12-25(17-19)13-9-20-7-3-4-8-22(20)23/h3-4,7-8,19,21H,5-6,9-17H2,1-2H3/t19-/m1/s1. The van der Waals surface area contributed by atoms with Gasteiger partial charge in [-0.3, -0.25) is 4.79 Å². The maximum absolute atomic E-state index is 13.8. The first kappa shape index (κ1) is 20.3. The number of carbonyl (C=O) groups excluding carboxylic acids is 1. The summed E-state index contributed by atoms with van der Waals surface area (Å²) in [5.41, 5.74) is 0.828. The first-order valence-corrected chi connectivity index (χ1v) is 10.4. The molecular weight excluding hydrogens is 341 g/mol. The van der Waals surface area contributed by atoms with Crippen molar-refractivity contribution in [3.63, 3.8) is 0 Å². The van der Waals surface area contributed by atoms with E-state index in [4.69, 9.17) is 0 Å². The van der Waals surface area contributed by atoms with Crippen LogP contribution >= 0.6 is 0 Å².